The fourth-order valence-corrected chi connectivity index (χ4v) is 5.67. The number of esters is 1. The summed E-state index contributed by atoms with van der Waals surface area (Å²) in [5.74, 6) is -0.757. The summed E-state index contributed by atoms with van der Waals surface area (Å²) in [5, 5.41) is 11.2. The number of unbranched alkanes of at least 4 members (excludes halogenated alkanes) is 1. The smallest absolute Gasteiger partial charge is 0.408 e. The number of carbonyl (C=O) groups is 5. The Morgan fingerprint density at radius 1 is 0.655 bits per heavy atom. The number of benzene rings is 3. The van der Waals surface area contributed by atoms with Crippen molar-refractivity contribution in [3.63, 3.8) is 0 Å². The Morgan fingerprint density at radius 2 is 1.29 bits per heavy atom. The van der Waals surface area contributed by atoms with Gasteiger partial charge in [0.2, 0.25) is 11.8 Å². The van der Waals surface area contributed by atoms with Crippen molar-refractivity contribution in [1.29, 1.82) is 0 Å². The largest absolute Gasteiger partial charge is 0.494 e. The fraction of sp³-hybridized carbons (Fsp3) is 0.489. The molecule has 0 aromatic heterocycles. The zero-order valence-corrected chi connectivity index (χ0v) is 35.1. The first kappa shape index (κ1) is 46.8. The molecule has 0 saturated heterocycles. The molecular weight excluding hydrogens is 741 g/mol. The fourth-order valence-electron chi connectivity index (χ4n) is 5.67. The number of rotatable bonds is 21. The summed E-state index contributed by atoms with van der Waals surface area (Å²) in [6.45, 7) is 13.8. The van der Waals surface area contributed by atoms with Gasteiger partial charge in [-0.3, -0.25) is 14.4 Å². The third kappa shape index (κ3) is 19.5. The van der Waals surface area contributed by atoms with Crippen molar-refractivity contribution in [2.75, 3.05) is 13.2 Å². The molecular formula is C45H62N4O9. The van der Waals surface area contributed by atoms with Crippen LogP contribution in [0.25, 0.3) is 0 Å². The topological polar surface area (TPSA) is 170 Å². The van der Waals surface area contributed by atoms with Gasteiger partial charge in [-0.15, -0.1) is 0 Å². The molecule has 0 spiro atoms. The monoisotopic (exact) mass is 802 g/mol. The van der Waals surface area contributed by atoms with Crippen LogP contribution in [-0.2, 0) is 48.2 Å². The third-order valence-corrected chi connectivity index (χ3v) is 8.59. The van der Waals surface area contributed by atoms with Gasteiger partial charge in [0.15, 0.2) is 0 Å². The summed E-state index contributed by atoms with van der Waals surface area (Å²) in [5.41, 5.74) is 2.34. The Bertz CT molecular complexity index is 1760. The molecule has 3 aromatic rings. The second kappa shape index (κ2) is 23.6. The van der Waals surface area contributed by atoms with E-state index in [-0.39, 0.29) is 38.8 Å². The van der Waals surface area contributed by atoms with Crippen LogP contribution < -0.4 is 26.0 Å². The van der Waals surface area contributed by atoms with E-state index in [4.69, 9.17) is 18.9 Å². The Labute approximate surface area is 343 Å². The lowest BCUT2D eigenvalue weighted by molar-refractivity contribution is -0.155. The van der Waals surface area contributed by atoms with Crippen LogP contribution in [0.5, 0.6) is 5.75 Å². The van der Waals surface area contributed by atoms with Gasteiger partial charge >= 0.3 is 18.2 Å². The normalized spacial score (nSPS) is 12.3. The number of amides is 4. The Balaban J connectivity index is 1.66. The SMILES string of the molecule is Cc1ccc(OCCCCNC(=O)OC(C)(C)C)cc1CNC(=O)[C@H](CCc1ccccc1)NC(=O)[C@H](CCCC(=O)OC(C)(C)C)NC(=O)OCc1ccccc1. The Hall–Kier alpha value is -5.59. The van der Waals surface area contributed by atoms with E-state index in [0.29, 0.717) is 38.2 Å². The van der Waals surface area contributed by atoms with Crippen molar-refractivity contribution < 1.29 is 42.9 Å². The average Bonchev–Trinajstić information content (AvgIpc) is 3.15. The summed E-state index contributed by atoms with van der Waals surface area (Å²) < 4.78 is 22.0. The Morgan fingerprint density at radius 3 is 1.95 bits per heavy atom. The molecule has 13 heteroatoms. The number of ether oxygens (including phenoxy) is 4. The Kier molecular flexibility index (Phi) is 19.0. The van der Waals surface area contributed by atoms with Gasteiger partial charge in [0.1, 0.15) is 35.6 Å². The van der Waals surface area contributed by atoms with Gasteiger partial charge in [0.05, 0.1) is 6.61 Å². The van der Waals surface area contributed by atoms with Gasteiger partial charge in [-0.2, -0.15) is 0 Å². The molecule has 2 atom stereocenters. The van der Waals surface area contributed by atoms with Gasteiger partial charge in [0, 0.05) is 19.5 Å². The molecule has 0 unspecified atom stereocenters. The minimum Gasteiger partial charge on any atom is -0.494 e. The van der Waals surface area contributed by atoms with Gasteiger partial charge in [-0.1, -0.05) is 66.7 Å². The van der Waals surface area contributed by atoms with Crippen molar-refractivity contribution in [2.24, 2.45) is 0 Å². The maximum Gasteiger partial charge on any atom is 0.408 e. The van der Waals surface area contributed by atoms with Crippen LogP contribution in [0.3, 0.4) is 0 Å². The highest BCUT2D eigenvalue weighted by Crippen LogP contribution is 2.19. The highest BCUT2D eigenvalue weighted by atomic mass is 16.6. The van der Waals surface area contributed by atoms with Crippen LogP contribution in [0.2, 0.25) is 0 Å². The summed E-state index contributed by atoms with van der Waals surface area (Å²) >= 11 is 0. The lowest BCUT2D eigenvalue weighted by Gasteiger charge is -2.24. The summed E-state index contributed by atoms with van der Waals surface area (Å²) in [7, 11) is 0. The van der Waals surface area contributed by atoms with Gasteiger partial charge in [-0.25, -0.2) is 9.59 Å². The molecule has 316 valence electrons. The number of hydrogen-bond acceptors (Lipinski definition) is 9. The van der Waals surface area contributed by atoms with E-state index in [1.165, 1.54) is 0 Å². The second-order valence-electron chi connectivity index (χ2n) is 16.1. The van der Waals surface area contributed by atoms with E-state index < -0.39 is 53.3 Å². The van der Waals surface area contributed by atoms with Crippen molar-refractivity contribution in [2.45, 2.75) is 130 Å². The van der Waals surface area contributed by atoms with Gasteiger partial charge in [0.25, 0.3) is 0 Å². The van der Waals surface area contributed by atoms with Gasteiger partial charge in [-0.05, 0) is 121 Å². The van der Waals surface area contributed by atoms with E-state index in [1.54, 1.807) is 20.8 Å². The first-order chi connectivity index (χ1) is 27.5. The average molecular weight is 803 g/mol. The quantitative estimate of drug-likeness (QED) is 0.0494. The molecule has 3 rings (SSSR count). The van der Waals surface area contributed by atoms with Crippen LogP contribution in [0, 0.1) is 6.92 Å². The molecule has 13 nitrogen and oxygen atoms in total. The minimum absolute atomic E-state index is 0.0000150. The molecule has 4 N–H and O–H groups in total. The summed E-state index contributed by atoms with van der Waals surface area (Å²) in [6, 6.07) is 22.4. The van der Waals surface area contributed by atoms with Crippen molar-refractivity contribution in [1.82, 2.24) is 21.3 Å². The highest BCUT2D eigenvalue weighted by molar-refractivity contribution is 5.91. The zero-order chi connectivity index (χ0) is 42.6. The molecule has 58 heavy (non-hydrogen) atoms. The molecule has 0 heterocycles. The third-order valence-electron chi connectivity index (χ3n) is 8.59. The number of nitrogens with one attached hydrogen (secondary N) is 4. The van der Waals surface area contributed by atoms with E-state index in [9.17, 15) is 24.0 Å². The first-order valence-electron chi connectivity index (χ1n) is 20.0. The maximum absolute atomic E-state index is 13.9. The van der Waals surface area contributed by atoms with E-state index >= 15 is 0 Å². The number of hydrogen-bond donors (Lipinski definition) is 4. The molecule has 0 bridgehead atoms. The van der Waals surface area contributed by atoms with E-state index in [2.05, 4.69) is 21.3 Å². The van der Waals surface area contributed by atoms with Crippen molar-refractivity contribution in [3.05, 3.63) is 101 Å². The number of carbonyl (C=O) groups excluding carboxylic acids is 5. The van der Waals surface area contributed by atoms with Crippen LogP contribution in [0.4, 0.5) is 9.59 Å². The summed E-state index contributed by atoms with van der Waals surface area (Å²) in [6.07, 6.45) is 1.33. The molecule has 4 amide bonds. The van der Waals surface area contributed by atoms with Crippen LogP contribution >= 0.6 is 0 Å². The number of aryl methyl sites for hydroxylation is 2. The molecule has 3 aromatic carbocycles. The van der Waals surface area contributed by atoms with Crippen LogP contribution in [-0.4, -0.2) is 66.4 Å². The predicted molar refractivity (Wildman–Crippen MR) is 222 cm³/mol. The second-order valence-corrected chi connectivity index (χ2v) is 16.1. The van der Waals surface area contributed by atoms with Crippen LogP contribution in [0.15, 0.2) is 78.9 Å². The predicted octanol–water partition coefficient (Wildman–Crippen LogP) is 7.22. The molecule has 0 radical (unpaired) electrons. The molecule has 0 aliphatic rings. The maximum atomic E-state index is 13.9. The molecule has 0 fully saturated rings. The van der Waals surface area contributed by atoms with E-state index in [1.807, 2.05) is 107 Å². The first-order valence-corrected chi connectivity index (χ1v) is 20.0. The van der Waals surface area contributed by atoms with E-state index in [0.717, 1.165) is 22.3 Å². The van der Waals surface area contributed by atoms with Gasteiger partial charge < -0.3 is 40.2 Å². The standard InChI is InChI=1S/C45H62N4O9/c1-32-23-25-36(55-28-15-14-27-46-42(53)58-45(5,6)7)29-35(32)30-47-40(51)38(26-24-33-17-10-8-11-18-33)48-41(52)37(21-16-22-39(50)57-44(2,3)4)49-43(54)56-31-34-19-12-9-13-20-34/h8-13,17-20,23,25,29,37-38H,14-16,21-22,24,26-28,30-31H2,1-7H3,(H,46,53)(H,47,51)(H,48,52)(H,49,54)/t37-,38-/m0/s1. The van der Waals surface area contributed by atoms with Crippen LogP contribution in [0.1, 0.15) is 102 Å². The zero-order valence-electron chi connectivity index (χ0n) is 35.1. The highest BCUT2D eigenvalue weighted by Gasteiger charge is 2.28. The number of alkyl carbamates (subject to hydrolysis) is 2. The van der Waals surface area contributed by atoms with Crippen molar-refractivity contribution >= 4 is 30.0 Å². The lowest BCUT2D eigenvalue weighted by atomic mass is 10.0. The molecule has 0 aliphatic carbocycles. The lowest BCUT2D eigenvalue weighted by Crippen LogP contribution is -2.53. The van der Waals surface area contributed by atoms with Crippen molar-refractivity contribution in [3.8, 4) is 5.75 Å². The molecule has 0 saturated carbocycles. The molecule has 0 aliphatic heterocycles. The minimum atomic E-state index is -1.10. The summed E-state index contributed by atoms with van der Waals surface area (Å²) in [4.78, 5) is 65.0.